The van der Waals surface area contributed by atoms with E-state index in [1.54, 1.807) is 0 Å². The lowest BCUT2D eigenvalue weighted by Crippen LogP contribution is -1.72. The lowest BCUT2D eigenvalue weighted by Gasteiger charge is -1.92. The van der Waals surface area contributed by atoms with Gasteiger partial charge < -0.3 is 0 Å². The molecule has 0 amide bonds. The minimum Gasteiger partial charge on any atom is -0.0885 e. The maximum absolute atomic E-state index is 2.32. The quantitative estimate of drug-likeness (QED) is 0.489. The smallest absolute Gasteiger partial charge is 0.0345 e. The van der Waals surface area contributed by atoms with E-state index in [-0.39, 0.29) is 0 Å². The lowest BCUT2D eigenvalue weighted by atomic mass is 10.1. The Morgan fingerprint density at radius 2 is 0.857 bits per heavy atom. The molecule has 0 spiro atoms. The van der Waals surface area contributed by atoms with E-state index >= 15 is 0 Å². The third kappa shape index (κ3) is 6.47. The Bertz CT molecular complexity index is 204. The summed E-state index contributed by atoms with van der Waals surface area (Å²) in [6, 6.07) is 0. The fourth-order valence-corrected chi connectivity index (χ4v) is 1.42. The molecular formula is C14H20. The van der Waals surface area contributed by atoms with Gasteiger partial charge in [-0.05, 0) is 38.5 Å². The van der Waals surface area contributed by atoms with Crippen molar-refractivity contribution in [3.05, 3.63) is 48.6 Å². The highest BCUT2D eigenvalue weighted by Gasteiger charge is 1.82. The molecule has 1 aliphatic rings. The molecule has 0 saturated carbocycles. The van der Waals surface area contributed by atoms with Crippen LogP contribution in [0, 0.1) is 0 Å². The van der Waals surface area contributed by atoms with Crippen LogP contribution in [0.25, 0.3) is 0 Å². The molecule has 0 radical (unpaired) electrons. The Hall–Kier alpha value is -1.04. The van der Waals surface area contributed by atoms with Gasteiger partial charge in [-0.25, -0.2) is 0 Å². The average molecular weight is 188 g/mol. The summed E-state index contributed by atoms with van der Waals surface area (Å²) >= 11 is 0. The zero-order chi connectivity index (χ0) is 9.90. The largest absolute Gasteiger partial charge is 0.0885 e. The summed E-state index contributed by atoms with van der Waals surface area (Å²) < 4.78 is 0. The molecule has 0 aromatic heterocycles. The van der Waals surface area contributed by atoms with Crippen molar-refractivity contribution in [1.82, 2.24) is 0 Å². The second-order valence-corrected chi connectivity index (χ2v) is 3.57. The number of rotatable bonds is 0. The van der Waals surface area contributed by atoms with Gasteiger partial charge in [0.15, 0.2) is 0 Å². The standard InChI is InChI=1S/C14H20/c1-2-4-6-8-10-12-14-13-11-9-7-5-3-1/h1-6,13-14H,7-12H2/b2-1-,5-3+,6-4?,14-13-. The van der Waals surface area contributed by atoms with Crippen LogP contribution in [0.4, 0.5) is 0 Å². The molecule has 0 heteroatoms. The number of hydrogen-bond acceptors (Lipinski definition) is 0. The van der Waals surface area contributed by atoms with Gasteiger partial charge in [0.1, 0.15) is 0 Å². The molecule has 0 saturated heterocycles. The van der Waals surface area contributed by atoms with Crippen LogP contribution >= 0.6 is 0 Å². The normalized spacial score (nSPS) is 26.3. The first kappa shape index (κ1) is 11.0. The molecule has 0 heterocycles. The van der Waals surface area contributed by atoms with Crippen LogP contribution in [0.15, 0.2) is 48.6 Å². The summed E-state index contributed by atoms with van der Waals surface area (Å²) in [6.45, 7) is 0. The van der Waals surface area contributed by atoms with Gasteiger partial charge in [-0.3, -0.25) is 0 Å². The van der Waals surface area contributed by atoms with Crippen molar-refractivity contribution in [2.45, 2.75) is 38.5 Å². The van der Waals surface area contributed by atoms with Crippen LogP contribution in [-0.2, 0) is 0 Å². The van der Waals surface area contributed by atoms with Crippen LogP contribution < -0.4 is 0 Å². The highest BCUT2D eigenvalue weighted by molar-refractivity contribution is 5.11. The zero-order valence-corrected chi connectivity index (χ0v) is 8.86. The monoisotopic (exact) mass is 188 g/mol. The van der Waals surface area contributed by atoms with Crippen molar-refractivity contribution in [2.24, 2.45) is 0 Å². The molecule has 0 aromatic carbocycles. The van der Waals surface area contributed by atoms with E-state index in [0.717, 1.165) is 0 Å². The van der Waals surface area contributed by atoms with Gasteiger partial charge in [0.2, 0.25) is 0 Å². The van der Waals surface area contributed by atoms with E-state index in [1.807, 2.05) is 0 Å². The SMILES string of the molecule is C1=CCCC/C=C\CCC/C=C/C=C\1. The summed E-state index contributed by atoms with van der Waals surface area (Å²) in [5.74, 6) is 0. The Morgan fingerprint density at radius 3 is 1.36 bits per heavy atom. The maximum Gasteiger partial charge on any atom is -0.0345 e. The highest BCUT2D eigenvalue weighted by atomic mass is 13.9. The van der Waals surface area contributed by atoms with Gasteiger partial charge in [0.05, 0.1) is 0 Å². The van der Waals surface area contributed by atoms with Crippen LogP contribution in [0.1, 0.15) is 38.5 Å². The number of allylic oxidation sites excluding steroid dienone is 8. The molecule has 0 bridgehead atoms. The van der Waals surface area contributed by atoms with Crippen LogP contribution in [0.2, 0.25) is 0 Å². The van der Waals surface area contributed by atoms with Crippen molar-refractivity contribution in [1.29, 1.82) is 0 Å². The van der Waals surface area contributed by atoms with Gasteiger partial charge >= 0.3 is 0 Å². The molecule has 0 N–H and O–H groups in total. The third-order valence-electron chi connectivity index (χ3n) is 2.26. The Kier molecular flexibility index (Phi) is 6.74. The van der Waals surface area contributed by atoms with E-state index in [1.165, 1.54) is 38.5 Å². The van der Waals surface area contributed by atoms with E-state index < -0.39 is 0 Å². The van der Waals surface area contributed by atoms with Gasteiger partial charge in [-0.1, -0.05) is 48.6 Å². The Balaban J connectivity index is 2.35. The van der Waals surface area contributed by atoms with Crippen molar-refractivity contribution >= 4 is 0 Å². The molecule has 76 valence electrons. The fraction of sp³-hybridized carbons (Fsp3) is 0.429. The van der Waals surface area contributed by atoms with Gasteiger partial charge in [0.25, 0.3) is 0 Å². The van der Waals surface area contributed by atoms with E-state index in [0.29, 0.717) is 0 Å². The minimum atomic E-state index is 1.19. The molecule has 0 fully saturated rings. The zero-order valence-electron chi connectivity index (χ0n) is 8.86. The molecule has 1 aliphatic carbocycles. The fourth-order valence-electron chi connectivity index (χ4n) is 1.42. The van der Waals surface area contributed by atoms with Gasteiger partial charge in [-0.15, -0.1) is 0 Å². The molecule has 0 aromatic rings. The summed E-state index contributed by atoms with van der Waals surface area (Å²) in [5.41, 5.74) is 0. The summed E-state index contributed by atoms with van der Waals surface area (Å²) in [5, 5.41) is 0. The predicted octanol–water partition coefficient (Wildman–Crippen LogP) is 4.57. The van der Waals surface area contributed by atoms with Crippen LogP contribution in [-0.4, -0.2) is 0 Å². The summed E-state index contributed by atoms with van der Waals surface area (Å²) in [6.07, 6.45) is 25.0. The number of hydrogen-bond donors (Lipinski definition) is 0. The van der Waals surface area contributed by atoms with Crippen molar-refractivity contribution < 1.29 is 0 Å². The minimum absolute atomic E-state index is 1.19. The van der Waals surface area contributed by atoms with Crippen LogP contribution in [0.5, 0.6) is 0 Å². The predicted molar refractivity (Wildman–Crippen MR) is 64.3 cm³/mol. The summed E-state index contributed by atoms with van der Waals surface area (Å²) in [4.78, 5) is 0. The van der Waals surface area contributed by atoms with E-state index in [4.69, 9.17) is 0 Å². The first-order valence-electron chi connectivity index (χ1n) is 5.63. The van der Waals surface area contributed by atoms with Crippen LogP contribution in [0.3, 0.4) is 0 Å². The van der Waals surface area contributed by atoms with E-state index in [9.17, 15) is 0 Å². The molecule has 0 atom stereocenters. The molecule has 0 aliphatic heterocycles. The Labute approximate surface area is 87.7 Å². The second-order valence-electron chi connectivity index (χ2n) is 3.57. The molecule has 1 rings (SSSR count). The van der Waals surface area contributed by atoms with E-state index in [2.05, 4.69) is 48.6 Å². The molecule has 14 heavy (non-hydrogen) atoms. The van der Waals surface area contributed by atoms with Crippen molar-refractivity contribution in [2.75, 3.05) is 0 Å². The third-order valence-corrected chi connectivity index (χ3v) is 2.26. The van der Waals surface area contributed by atoms with Crippen molar-refractivity contribution in [3.63, 3.8) is 0 Å². The second kappa shape index (κ2) is 8.55. The molecular weight excluding hydrogens is 168 g/mol. The van der Waals surface area contributed by atoms with Gasteiger partial charge in [0, 0.05) is 0 Å². The Morgan fingerprint density at radius 1 is 0.429 bits per heavy atom. The summed E-state index contributed by atoms with van der Waals surface area (Å²) in [7, 11) is 0. The highest BCUT2D eigenvalue weighted by Crippen LogP contribution is 2.03. The first-order chi connectivity index (χ1) is 7.00. The average Bonchev–Trinajstić information content (AvgIpc) is 2.22. The maximum atomic E-state index is 2.32. The first-order valence-corrected chi connectivity index (χ1v) is 5.63. The topological polar surface area (TPSA) is 0 Å². The molecule has 0 unspecified atom stereocenters. The van der Waals surface area contributed by atoms with Crippen molar-refractivity contribution in [3.8, 4) is 0 Å². The lowest BCUT2D eigenvalue weighted by molar-refractivity contribution is 0.840. The van der Waals surface area contributed by atoms with Gasteiger partial charge in [-0.2, -0.15) is 0 Å². The molecule has 0 nitrogen and oxygen atoms in total.